The van der Waals surface area contributed by atoms with E-state index in [4.69, 9.17) is 0 Å². The average Bonchev–Trinajstić information content (AvgIpc) is 2.09. The Hall–Kier alpha value is -0.630. The van der Waals surface area contributed by atoms with Gasteiger partial charge in [0.2, 0.25) is 0 Å². The second-order valence-electron chi connectivity index (χ2n) is 4.30. The first-order valence-electron chi connectivity index (χ1n) is 4.76. The average molecular weight is 290 g/mol. The lowest BCUT2D eigenvalue weighted by atomic mass is 9.62. The Morgan fingerprint density at radius 2 is 0.889 bits per heavy atom. The van der Waals surface area contributed by atoms with E-state index in [-0.39, 0.29) is 6.92 Å². The SMILES string of the molecule is CCC(C)(C(F)(F)F)C(C)(C(F)(F)F)C(F)(F)F. The van der Waals surface area contributed by atoms with E-state index < -0.39 is 42.7 Å². The van der Waals surface area contributed by atoms with Gasteiger partial charge in [-0.2, -0.15) is 39.5 Å². The van der Waals surface area contributed by atoms with Gasteiger partial charge >= 0.3 is 18.5 Å². The lowest BCUT2D eigenvalue weighted by Crippen LogP contribution is -2.62. The smallest absolute Gasteiger partial charge is 0.170 e. The van der Waals surface area contributed by atoms with Crippen LogP contribution >= 0.6 is 0 Å². The Bertz CT molecular complexity index is 281. The molecule has 0 bridgehead atoms. The van der Waals surface area contributed by atoms with Crippen molar-refractivity contribution in [3.8, 4) is 0 Å². The molecule has 0 heterocycles. The van der Waals surface area contributed by atoms with Crippen LogP contribution in [0.2, 0.25) is 0 Å². The zero-order valence-electron chi connectivity index (χ0n) is 9.61. The summed E-state index contributed by atoms with van der Waals surface area (Å²) in [6, 6.07) is 0. The second kappa shape index (κ2) is 4.19. The van der Waals surface area contributed by atoms with Gasteiger partial charge in [-0.1, -0.05) is 6.92 Å². The van der Waals surface area contributed by atoms with Crippen LogP contribution in [-0.4, -0.2) is 18.5 Å². The number of hydrogen-bond donors (Lipinski definition) is 0. The summed E-state index contributed by atoms with van der Waals surface area (Å²) in [4.78, 5) is 0. The van der Waals surface area contributed by atoms with Crippen molar-refractivity contribution >= 4 is 0 Å². The van der Waals surface area contributed by atoms with Gasteiger partial charge in [-0.3, -0.25) is 0 Å². The molecular weight excluding hydrogens is 279 g/mol. The van der Waals surface area contributed by atoms with Crippen molar-refractivity contribution in [3.63, 3.8) is 0 Å². The third kappa shape index (κ3) is 2.16. The molecule has 0 aromatic heterocycles. The van der Waals surface area contributed by atoms with Crippen LogP contribution in [0.3, 0.4) is 0 Å². The first kappa shape index (κ1) is 17.4. The lowest BCUT2D eigenvalue weighted by molar-refractivity contribution is -0.411. The zero-order valence-corrected chi connectivity index (χ0v) is 9.61. The van der Waals surface area contributed by atoms with Gasteiger partial charge in [0.1, 0.15) is 0 Å². The zero-order chi connectivity index (χ0) is 15.2. The van der Waals surface area contributed by atoms with Gasteiger partial charge in [-0.05, 0) is 20.3 Å². The number of rotatable bonds is 2. The van der Waals surface area contributed by atoms with Gasteiger partial charge in [0.15, 0.2) is 5.41 Å². The van der Waals surface area contributed by atoms with Crippen LogP contribution < -0.4 is 0 Å². The molecular formula is C9H11F9. The third-order valence-electron chi connectivity index (χ3n) is 3.57. The van der Waals surface area contributed by atoms with E-state index in [1.54, 1.807) is 0 Å². The van der Waals surface area contributed by atoms with E-state index in [1.165, 1.54) is 0 Å². The third-order valence-corrected chi connectivity index (χ3v) is 3.57. The van der Waals surface area contributed by atoms with E-state index in [0.29, 0.717) is 6.92 Å². The molecule has 0 saturated heterocycles. The highest BCUT2D eigenvalue weighted by Gasteiger charge is 2.80. The van der Waals surface area contributed by atoms with E-state index in [0.717, 1.165) is 0 Å². The van der Waals surface area contributed by atoms with E-state index >= 15 is 0 Å². The Morgan fingerprint density at radius 3 is 0.944 bits per heavy atom. The Kier molecular flexibility index (Phi) is 4.05. The topological polar surface area (TPSA) is 0 Å². The summed E-state index contributed by atoms with van der Waals surface area (Å²) in [6.07, 6.45) is -19.1. The van der Waals surface area contributed by atoms with Crippen molar-refractivity contribution in [1.82, 2.24) is 0 Å². The molecule has 0 saturated carbocycles. The Balaban J connectivity index is 6.22. The second-order valence-corrected chi connectivity index (χ2v) is 4.30. The van der Waals surface area contributed by atoms with E-state index in [1.807, 2.05) is 0 Å². The molecule has 0 aliphatic rings. The fraction of sp³-hybridized carbons (Fsp3) is 1.00. The highest BCUT2D eigenvalue weighted by molar-refractivity contribution is 5.05. The Labute approximate surface area is 97.1 Å². The Morgan fingerprint density at radius 1 is 0.611 bits per heavy atom. The van der Waals surface area contributed by atoms with E-state index in [2.05, 4.69) is 0 Å². The first-order valence-corrected chi connectivity index (χ1v) is 4.76. The van der Waals surface area contributed by atoms with Crippen LogP contribution in [-0.2, 0) is 0 Å². The fourth-order valence-corrected chi connectivity index (χ4v) is 1.62. The first-order chi connectivity index (χ1) is 7.56. The molecule has 0 nitrogen and oxygen atoms in total. The largest absolute Gasteiger partial charge is 0.403 e. The van der Waals surface area contributed by atoms with Crippen molar-refractivity contribution in [2.75, 3.05) is 0 Å². The van der Waals surface area contributed by atoms with Crippen LogP contribution in [0.4, 0.5) is 39.5 Å². The van der Waals surface area contributed by atoms with Gasteiger partial charge in [0.05, 0.1) is 5.41 Å². The molecule has 0 aliphatic heterocycles. The minimum absolute atomic E-state index is 0.0615. The maximum Gasteiger partial charge on any atom is 0.403 e. The van der Waals surface area contributed by atoms with Gasteiger partial charge < -0.3 is 0 Å². The molecule has 0 aliphatic carbocycles. The molecule has 0 amide bonds. The standard InChI is InChI=1S/C9H11F9/c1-4-5(2,7(10,11)12)6(3,8(13,14)15)9(16,17)18/h4H2,1-3H3. The highest BCUT2D eigenvalue weighted by atomic mass is 19.4. The molecule has 1 unspecified atom stereocenters. The fourth-order valence-electron chi connectivity index (χ4n) is 1.62. The summed E-state index contributed by atoms with van der Waals surface area (Å²) in [7, 11) is 0. The molecule has 0 aromatic carbocycles. The maximum absolute atomic E-state index is 12.7. The molecule has 0 aromatic rings. The predicted octanol–water partition coefficient (Wildman–Crippen LogP) is 5.10. The summed E-state index contributed by atoms with van der Waals surface area (Å²) < 4.78 is 114. The number of halogens is 9. The van der Waals surface area contributed by atoms with Crippen molar-refractivity contribution in [1.29, 1.82) is 0 Å². The molecule has 0 rings (SSSR count). The predicted molar refractivity (Wildman–Crippen MR) is 44.7 cm³/mol. The lowest BCUT2D eigenvalue weighted by Gasteiger charge is -2.48. The monoisotopic (exact) mass is 290 g/mol. The molecule has 0 N–H and O–H groups in total. The van der Waals surface area contributed by atoms with Gasteiger partial charge in [-0.25, -0.2) is 0 Å². The maximum atomic E-state index is 12.7. The van der Waals surface area contributed by atoms with Crippen molar-refractivity contribution < 1.29 is 39.5 Å². The molecule has 110 valence electrons. The van der Waals surface area contributed by atoms with Gasteiger partial charge in [0, 0.05) is 0 Å². The minimum Gasteiger partial charge on any atom is -0.170 e. The molecule has 0 fully saturated rings. The molecule has 0 radical (unpaired) electrons. The van der Waals surface area contributed by atoms with Crippen LogP contribution in [0.1, 0.15) is 27.2 Å². The van der Waals surface area contributed by atoms with Gasteiger partial charge in [0.25, 0.3) is 0 Å². The van der Waals surface area contributed by atoms with Crippen molar-refractivity contribution in [3.05, 3.63) is 0 Å². The molecule has 18 heavy (non-hydrogen) atoms. The van der Waals surface area contributed by atoms with Crippen LogP contribution in [0, 0.1) is 10.8 Å². The summed E-state index contributed by atoms with van der Waals surface area (Å²) in [5.41, 5.74) is -8.81. The number of hydrogen-bond acceptors (Lipinski definition) is 0. The molecule has 0 spiro atoms. The van der Waals surface area contributed by atoms with Crippen molar-refractivity contribution in [2.45, 2.75) is 45.7 Å². The summed E-state index contributed by atoms with van der Waals surface area (Å²) >= 11 is 0. The van der Waals surface area contributed by atoms with Crippen molar-refractivity contribution in [2.24, 2.45) is 10.8 Å². The van der Waals surface area contributed by atoms with Gasteiger partial charge in [-0.15, -0.1) is 0 Å². The minimum atomic E-state index is -6.06. The summed E-state index contributed by atoms with van der Waals surface area (Å²) in [6.45, 7) is 0.126. The quantitative estimate of drug-likeness (QED) is 0.621. The van der Waals surface area contributed by atoms with Crippen LogP contribution in [0.5, 0.6) is 0 Å². The van der Waals surface area contributed by atoms with Crippen LogP contribution in [0.15, 0.2) is 0 Å². The molecule has 1 atom stereocenters. The summed E-state index contributed by atoms with van der Waals surface area (Å²) in [5, 5.41) is 0. The van der Waals surface area contributed by atoms with E-state index in [9.17, 15) is 39.5 Å². The number of alkyl halides is 9. The summed E-state index contributed by atoms with van der Waals surface area (Å²) in [5.74, 6) is 0. The highest BCUT2D eigenvalue weighted by Crippen LogP contribution is 2.65. The molecule has 9 heteroatoms. The van der Waals surface area contributed by atoms with Crippen LogP contribution in [0.25, 0.3) is 0 Å². The normalized spacial score (nSPS) is 18.7.